The van der Waals surface area contributed by atoms with Gasteiger partial charge < -0.3 is 28.9 Å². The summed E-state index contributed by atoms with van der Waals surface area (Å²) in [6.45, 7) is 0.0897. The third-order valence-electron chi connectivity index (χ3n) is 6.97. The molecule has 0 fully saturated rings. The van der Waals surface area contributed by atoms with Crippen molar-refractivity contribution in [3.63, 3.8) is 0 Å². The third kappa shape index (κ3) is 11.7. The van der Waals surface area contributed by atoms with E-state index in [2.05, 4.69) is 5.32 Å². The van der Waals surface area contributed by atoms with Gasteiger partial charge in [0.2, 0.25) is 0 Å². The molecular weight excluding hydrogens is 625 g/mol. The molecule has 0 radical (unpaired) electrons. The number of nitrogens with one attached hydrogen (secondary N) is 1. The lowest BCUT2D eigenvalue weighted by Crippen LogP contribution is -2.46. The van der Waals surface area contributed by atoms with E-state index < -0.39 is 31.0 Å². The van der Waals surface area contributed by atoms with Crippen LogP contribution in [0.2, 0.25) is 0 Å². The van der Waals surface area contributed by atoms with Gasteiger partial charge in [-0.3, -0.25) is 9.36 Å². The second kappa shape index (κ2) is 18.2. The first kappa shape index (κ1) is 34.8. The van der Waals surface area contributed by atoms with E-state index in [1.165, 1.54) is 0 Å². The summed E-state index contributed by atoms with van der Waals surface area (Å²) < 4.78 is 36.6. The molecule has 1 amide bonds. The zero-order chi connectivity index (χ0) is 32.6. The number of ether oxygens (including phenoxy) is 2. The van der Waals surface area contributed by atoms with Gasteiger partial charge in [-0.2, -0.15) is 0 Å². The van der Waals surface area contributed by atoms with Crippen molar-refractivity contribution in [2.45, 2.75) is 43.3 Å². The molecule has 2 atom stereocenters. The van der Waals surface area contributed by atoms with Gasteiger partial charge >= 0.3 is 19.7 Å². The maximum absolute atomic E-state index is 14.1. The Balaban J connectivity index is 1.51. The number of methoxy groups -OCH3 is 1. The SMILES string of the molecule is COc1ccc(CS[C@@H](C(=O)O)[C@H](CCP(=O)(OCc2ccccc2)OCc2ccccc2)NC(=O)OCc2ccccc2)cc1. The van der Waals surface area contributed by atoms with Gasteiger partial charge in [0.25, 0.3) is 0 Å². The number of hydrogen-bond donors (Lipinski definition) is 2. The minimum Gasteiger partial charge on any atom is -0.497 e. The number of hydrogen-bond acceptors (Lipinski definition) is 8. The predicted molar refractivity (Wildman–Crippen MR) is 179 cm³/mol. The average Bonchev–Trinajstić information content (AvgIpc) is 3.09. The van der Waals surface area contributed by atoms with Crippen LogP contribution in [0, 0.1) is 0 Å². The number of benzene rings is 4. The molecule has 0 aliphatic heterocycles. The van der Waals surface area contributed by atoms with Crippen LogP contribution < -0.4 is 10.1 Å². The molecule has 0 aromatic heterocycles. The lowest BCUT2D eigenvalue weighted by atomic mass is 10.1. The lowest BCUT2D eigenvalue weighted by molar-refractivity contribution is -0.136. The van der Waals surface area contributed by atoms with Crippen molar-refractivity contribution in [1.82, 2.24) is 5.32 Å². The van der Waals surface area contributed by atoms with Gasteiger partial charge in [-0.05, 0) is 40.8 Å². The van der Waals surface area contributed by atoms with E-state index in [0.717, 1.165) is 34.0 Å². The zero-order valence-corrected chi connectivity index (χ0v) is 27.2. The number of amides is 1. The molecular formula is C35H38NO8PS. The number of carbonyl (C=O) groups excluding carboxylic acids is 1. The van der Waals surface area contributed by atoms with E-state index in [4.69, 9.17) is 18.5 Å². The smallest absolute Gasteiger partial charge is 0.407 e. The fourth-order valence-electron chi connectivity index (χ4n) is 4.44. The largest absolute Gasteiger partial charge is 0.497 e. The molecule has 0 saturated carbocycles. The predicted octanol–water partition coefficient (Wildman–Crippen LogP) is 7.69. The van der Waals surface area contributed by atoms with E-state index in [1.54, 1.807) is 19.2 Å². The highest BCUT2D eigenvalue weighted by atomic mass is 32.2. The molecule has 0 aliphatic rings. The zero-order valence-electron chi connectivity index (χ0n) is 25.5. The van der Waals surface area contributed by atoms with Crippen molar-refractivity contribution in [2.24, 2.45) is 0 Å². The van der Waals surface area contributed by atoms with Crippen molar-refractivity contribution >= 4 is 31.4 Å². The second-order valence-electron chi connectivity index (χ2n) is 10.4. The minimum atomic E-state index is -3.77. The molecule has 0 bridgehead atoms. The van der Waals surface area contributed by atoms with Crippen LogP contribution in [-0.2, 0) is 48.7 Å². The summed E-state index contributed by atoms with van der Waals surface area (Å²) in [4.78, 5) is 25.6. The number of aliphatic carboxylic acids is 1. The van der Waals surface area contributed by atoms with Crippen LogP contribution in [-0.4, -0.2) is 41.7 Å². The van der Waals surface area contributed by atoms with Gasteiger partial charge in [0.1, 0.15) is 17.6 Å². The van der Waals surface area contributed by atoms with Gasteiger partial charge in [0.15, 0.2) is 0 Å². The molecule has 0 saturated heterocycles. The number of carbonyl (C=O) groups is 2. The van der Waals surface area contributed by atoms with Crippen LogP contribution in [0.25, 0.3) is 0 Å². The summed E-state index contributed by atoms with van der Waals surface area (Å²) in [5.41, 5.74) is 3.28. The third-order valence-corrected chi connectivity index (χ3v) is 10.2. The molecule has 2 N–H and O–H groups in total. The Kier molecular flexibility index (Phi) is 13.7. The molecule has 9 nitrogen and oxygen atoms in total. The normalized spacial score (nSPS) is 12.5. The highest BCUT2D eigenvalue weighted by Gasteiger charge is 2.34. The number of carboxylic acid groups (broad SMARTS) is 1. The van der Waals surface area contributed by atoms with Crippen LogP contribution in [0.3, 0.4) is 0 Å². The van der Waals surface area contributed by atoms with Gasteiger partial charge in [0.05, 0.1) is 32.5 Å². The minimum absolute atomic E-state index is 0.00608. The summed E-state index contributed by atoms with van der Waals surface area (Å²) in [5.74, 6) is -0.0895. The first-order chi connectivity index (χ1) is 22.3. The van der Waals surface area contributed by atoms with Gasteiger partial charge in [0, 0.05) is 5.75 Å². The topological polar surface area (TPSA) is 120 Å². The first-order valence-electron chi connectivity index (χ1n) is 14.7. The average molecular weight is 664 g/mol. The van der Waals surface area contributed by atoms with E-state index in [0.29, 0.717) is 11.5 Å². The van der Waals surface area contributed by atoms with E-state index in [1.807, 2.05) is 103 Å². The monoisotopic (exact) mass is 663 g/mol. The quantitative estimate of drug-likeness (QED) is 0.103. The van der Waals surface area contributed by atoms with E-state index in [9.17, 15) is 19.3 Å². The number of rotatable bonds is 18. The molecule has 0 aliphatic carbocycles. The van der Waals surface area contributed by atoms with Crippen molar-refractivity contribution in [2.75, 3.05) is 13.3 Å². The lowest BCUT2D eigenvalue weighted by Gasteiger charge is -2.27. The first-order valence-corrected chi connectivity index (χ1v) is 17.5. The van der Waals surface area contributed by atoms with Crippen molar-refractivity contribution < 1.29 is 37.8 Å². The molecule has 242 valence electrons. The molecule has 4 aromatic carbocycles. The van der Waals surface area contributed by atoms with E-state index >= 15 is 0 Å². The van der Waals surface area contributed by atoms with Gasteiger partial charge in [-0.15, -0.1) is 11.8 Å². The van der Waals surface area contributed by atoms with Gasteiger partial charge in [-0.25, -0.2) is 4.79 Å². The van der Waals surface area contributed by atoms with E-state index in [-0.39, 0.29) is 32.4 Å². The van der Waals surface area contributed by atoms with Crippen LogP contribution in [0.1, 0.15) is 28.7 Å². The molecule has 11 heteroatoms. The molecule has 4 aromatic rings. The summed E-state index contributed by atoms with van der Waals surface area (Å²) in [5, 5.41) is 11.9. The Labute approximate surface area is 273 Å². The molecule has 0 heterocycles. The molecule has 46 heavy (non-hydrogen) atoms. The Morgan fingerprint density at radius 2 is 1.24 bits per heavy atom. The fourth-order valence-corrected chi connectivity index (χ4v) is 7.20. The molecule has 0 unspecified atom stereocenters. The number of carboxylic acids is 1. The van der Waals surface area contributed by atoms with Crippen molar-refractivity contribution in [1.29, 1.82) is 0 Å². The van der Waals surface area contributed by atoms with Crippen molar-refractivity contribution in [3.05, 3.63) is 138 Å². The summed E-state index contributed by atoms with van der Waals surface area (Å²) in [6, 6.07) is 34.1. The Morgan fingerprint density at radius 1 is 0.739 bits per heavy atom. The van der Waals surface area contributed by atoms with Crippen LogP contribution in [0.5, 0.6) is 5.75 Å². The fraction of sp³-hybridized carbons (Fsp3) is 0.257. The molecule has 4 rings (SSSR count). The summed E-state index contributed by atoms with van der Waals surface area (Å²) >= 11 is 1.15. The van der Waals surface area contributed by atoms with Crippen LogP contribution in [0.4, 0.5) is 4.79 Å². The molecule has 0 spiro atoms. The van der Waals surface area contributed by atoms with Gasteiger partial charge in [-0.1, -0.05) is 103 Å². The van der Waals surface area contributed by atoms with Crippen LogP contribution >= 0.6 is 19.4 Å². The number of thioether (sulfide) groups is 1. The Bertz CT molecular complexity index is 1490. The maximum Gasteiger partial charge on any atom is 0.407 e. The summed E-state index contributed by atoms with van der Waals surface area (Å²) in [7, 11) is -2.20. The second-order valence-corrected chi connectivity index (χ2v) is 13.7. The highest BCUT2D eigenvalue weighted by molar-refractivity contribution is 7.99. The summed E-state index contributed by atoms with van der Waals surface area (Å²) in [6.07, 6.45) is -0.924. The Hall–Kier alpha value is -4.08. The maximum atomic E-state index is 14.1. The highest BCUT2D eigenvalue weighted by Crippen LogP contribution is 2.51. The van der Waals surface area contributed by atoms with Crippen LogP contribution in [0.15, 0.2) is 115 Å². The number of alkyl carbamates (subject to hydrolysis) is 1. The van der Waals surface area contributed by atoms with Crippen molar-refractivity contribution in [3.8, 4) is 5.75 Å². The Morgan fingerprint density at radius 3 is 1.72 bits per heavy atom. The standard InChI is InChI=1S/C35H38NO8PS/c1-41-31-19-17-30(18-20-31)26-46-33(34(37)38)32(36-35(39)42-23-27-11-5-2-6-12-27)21-22-45(40,43-24-28-13-7-3-8-14-28)44-25-29-15-9-4-10-16-29/h2-20,32-33H,21-26H2,1H3,(H,36,39)(H,37,38)/t32-,33+/m0/s1.